The molecule has 2 N–H and O–H groups in total. The van der Waals surface area contributed by atoms with Crippen molar-refractivity contribution in [1.29, 1.82) is 0 Å². The summed E-state index contributed by atoms with van der Waals surface area (Å²) in [6, 6.07) is 16.9. The molecule has 140 valence electrons. The summed E-state index contributed by atoms with van der Waals surface area (Å²) in [5, 5.41) is 12.6. The molecule has 3 aliphatic rings. The zero-order valence-corrected chi connectivity index (χ0v) is 15.4. The van der Waals surface area contributed by atoms with Crippen LogP contribution in [-0.2, 0) is 4.74 Å². The van der Waals surface area contributed by atoms with Crippen molar-refractivity contribution in [2.24, 2.45) is 11.3 Å². The summed E-state index contributed by atoms with van der Waals surface area (Å²) >= 11 is 0. The molecular formula is C23H25NO3. The van der Waals surface area contributed by atoms with E-state index >= 15 is 0 Å². The van der Waals surface area contributed by atoms with Crippen LogP contribution in [0.25, 0.3) is 11.1 Å². The molecule has 27 heavy (non-hydrogen) atoms. The number of ether oxygens (including phenoxy) is 1. The minimum Gasteiger partial charge on any atom is -0.449 e. The number of amides is 1. The molecule has 2 saturated carbocycles. The molecule has 2 atom stereocenters. The van der Waals surface area contributed by atoms with E-state index in [0.29, 0.717) is 12.5 Å². The average molecular weight is 363 g/mol. The standard InChI is InChI=1S/C23H25NO3/c25-13-15-12-21(23(15)10-5-11-23)24-22(26)27-14-20-18-8-3-1-6-16(18)17-7-2-4-9-19(17)20/h1-4,6-9,15,20-21,25H,5,10-14H2,(H,24,26). The summed E-state index contributed by atoms with van der Waals surface area (Å²) in [7, 11) is 0. The third-order valence-electron chi connectivity index (χ3n) is 7.17. The second-order valence-electron chi connectivity index (χ2n) is 8.22. The molecule has 0 aliphatic heterocycles. The van der Waals surface area contributed by atoms with Crippen LogP contribution >= 0.6 is 0 Å². The summed E-state index contributed by atoms with van der Waals surface area (Å²) in [6.07, 6.45) is 3.93. The van der Waals surface area contributed by atoms with Gasteiger partial charge in [0.25, 0.3) is 0 Å². The first-order valence-electron chi connectivity index (χ1n) is 9.95. The molecule has 2 aromatic carbocycles. The Balaban J connectivity index is 1.26. The van der Waals surface area contributed by atoms with E-state index in [0.717, 1.165) is 19.3 Å². The van der Waals surface area contributed by atoms with Gasteiger partial charge in [-0.3, -0.25) is 0 Å². The van der Waals surface area contributed by atoms with Crippen molar-refractivity contribution in [3.8, 4) is 11.1 Å². The van der Waals surface area contributed by atoms with E-state index in [-0.39, 0.29) is 30.1 Å². The van der Waals surface area contributed by atoms with Crippen molar-refractivity contribution in [3.63, 3.8) is 0 Å². The Bertz CT molecular complexity index is 828. The normalized spacial score (nSPS) is 24.5. The van der Waals surface area contributed by atoms with Gasteiger partial charge in [0, 0.05) is 18.6 Å². The quantitative estimate of drug-likeness (QED) is 0.861. The van der Waals surface area contributed by atoms with Gasteiger partial charge < -0.3 is 15.2 Å². The Morgan fingerprint density at radius 2 is 1.70 bits per heavy atom. The van der Waals surface area contributed by atoms with Crippen molar-refractivity contribution in [3.05, 3.63) is 59.7 Å². The number of fused-ring (bicyclic) bond motifs is 3. The van der Waals surface area contributed by atoms with Crippen LogP contribution in [0.4, 0.5) is 4.79 Å². The largest absolute Gasteiger partial charge is 0.449 e. The lowest BCUT2D eigenvalue weighted by Crippen LogP contribution is -2.65. The number of carbonyl (C=O) groups is 1. The van der Waals surface area contributed by atoms with Gasteiger partial charge in [-0.15, -0.1) is 0 Å². The molecule has 0 heterocycles. The van der Waals surface area contributed by atoms with E-state index in [1.54, 1.807) is 0 Å². The molecule has 0 bridgehead atoms. The number of hydrogen-bond donors (Lipinski definition) is 2. The van der Waals surface area contributed by atoms with E-state index in [1.165, 1.54) is 28.7 Å². The minimum absolute atomic E-state index is 0.0902. The first-order chi connectivity index (χ1) is 13.2. The minimum atomic E-state index is -0.329. The van der Waals surface area contributed by atoms with Gasteiger partial charge in [0.05, 0.1) is 0 Å². The summed E-state index contributed by atoms with van der Waals surface area (Å²) in [4.78, 5) is 12.5. The second kappa shape index (κ2) is 6.38. The molecule has 1 spiro atoms. The van der Waals surface area contributed by atoms with Crippen molar-refractivity contribution in [2.75, 3.05) is 13.2 Å². The highest BCUT2D eigenvalue weighted by molar-refractivity contribution is 5.79. The maximum Gasteiger partial charge on any atom is 0.407 e. The van der Waals surface area contributed by atoms with Crippen LogP contribution in [0.5, 0.6) is 0 Å². The second-order valence-corrected chi connectivity index (χ2v) is 8.22. The van der Waals surface area contributed by atoms with Gasteiger partial charge in [0.2, 0.25) is 0 Å². The fourth-order valence-corrected chi connectivity index (χ4v) is 5.46. The third-order valence-corrected chi connectivity index (χ3v) is 7.17. The highest BCUT2D eigenvalue weighted by atomic mass is 16.5. The van der Waals surface area contributed by atoms with Crippen LogP contribution < -0.4 is 5.32 Å². The maximum absolute atomic E-state index is 12.5. The number of alkyl carbamates (subject to hydrolysis) is 1. The maximum atomic E-state index is 12.5. The Labute approximate surface area is 159 Å². The van der Waals surface area contributed by atoms with E-state index in [9.17, 15) is 9.90 Å². The average Bonchev–Trinajstić information content (AvgIpc) is 2.96. The molecule has 0 radical (unpaired) electrons. The zero-order valence-electron chi connectivity index (χ0n) is 15.4. The number of nitrogens with one attached hydrogen (secondary N) is 1. The Morgan fingerprint density at radius 3 is 2.26 bits per heavy atom. The molecule has 3 aliphatic carbocycles. The molecule has 5 rings (SSSR count). The van der Waals surface area contributed by atoms with E-state index < -0.39 is 0 Å². The predicted molar refractivity (Wildman–Crippen MR) is 103 cm³/mol. The number of benzene rings is 2. The monoisotopic (exact) mass is 363 g/mol. The zero-order chi connectivity index (χ0) is 18.4. The van der Waals surface area contributed by atoms with E-state index in [2.05, 4.69) is 41.7 Å². The van der Waals surface area contributed by atoms with Crippen molar-refractivity contribution in [2.45, 2.75) is 37.6 Å². The van der Waals surface area contributed by atoms with Crippen LogP contribution in [-0.4, -0.2) is 30.5 Å². The van der Waals surface area contributed by atoms with Crippen LogP contribution in [0, 0.1) is 11.3 Å². The van der Waals surface area contributed by atoms with E-state index in [1.807, 2.05) is 12.1 Å². The first-order valence-corrected chi connectivity index (χ1v) is 9.95. The summed E-state index contributed by atoms with van der Waals surface area (Å²) in [6.45, 7) is 0.575. The third kappa shape index (κ3) is 2.50. The van der Waals surface area contributed by atoms with Crippen molar-refractivity contribution >= 4 is 6.09 Å². The number of aliphatic hydroxyl groups is 1. The van der Waals surface area contributed by atoms with Gasteiger partial charge in [-0.05, 0) is 52.8 Å². The molecule has 0 saturated heterocycles. The molecule has 4 heteroatoms. The van der Waals surface area contributed by atoms with Gasteiger partial charge in [0.15, 0.2) is 0 Å². The number of rotatable bonds is 4. The molecule has 1 amide bonds. The molecule has 4 nitrogen and oxygen atoms in total. The molecule has 2 fully saturated rings. The van der Waals surface area contributed by atoms with Crippen molar-refractivity contribution < 1.29 is 14.6 Å². The summed E-state index contributed by atoms with van der Waals surface area (Å²) in [5.41, 5.74) is 5.05. The topological polar surface area (TPSA) is 58.6 Å². The lowest BCUT2D eigenvalue weighted by Gasteiger charge is -2.61. The SMILES string of the molecule is O=C(NC1CC(CO)C12CCC2)OCC1c2ccccc2-c2ccccc21. The molecule has 2 aromatic rings. The highest BCUT2D eigenvalue weighted by Crippen LogP contribution is 2.59. The fraction of sp³-hybridized carbons (Fsp3) is 0.435. The van der Waals surface area contributed by atoms with E-state index in [4.69, 9.17) is 4.74 Å². The summed E-state index contributed by atoms with van der Waals surface area (Å²) < 4.78 is 5.66. The van der Waals surface area contributed by atoms with Crippen LogP contribution in [0.1, 0.15) is 42.7 Å². The molecular weight excluding hydrogens is 338 g/mol. The van der Waals surface area contributed by atoms with Gasteiger partial charge >= 0.3 is 6.09 Å². The number of carbonyl (C=O) groups excluding carboxylic acids is 1. The Hall–Kier alpha value is -2.33. The smallest absolute Gasteiger partial charge is 0.407 e. The van der Waals surface area contributed by atoms with Crippen LogP contribution in [0.3, 0.4) is 0 Å². The first kappa shape index (κ1) is 16.8. The van der Waals surface area contributed by atoms with Crippen molar-refractivity contribution in [1.82, 2.24) is 5.32 Å². The summed E-state index contributed by atoms with van der Waals surface area (Å²) in [5.74, 6) is 0.428. The van der Waals surface area contributed by atoms with Crippen LogP contribution in [0.15, 0.2) is 48.5 Å². The lowest BCUT2D eigenvalue weighted by molar-refractivity contribution is -0.107. The van der Waals surface area contributed by atoms with Gasteiger partial charge in [0.1, 0.15) is 6.61 Å². The Kier molecular flexibility index (Phi) is 3.97. The van der Waals surface area contributed by atoms with Gasteiger partial charge in [-0.25, -0.2) is 4.79 Å². The highest BCUT2D eigenvalue weighted by Gasteiger charge is 2.58. The fourth-order valence-electron chi connectivity index (χ4n) is 5.46. The van der Waals surface area contributed by atoms with Gasteiger partial charge in [-0.2, -0.15) is 0 Å². The number of aliphatic hydroxyl groups excluding tert-OH is 1. The lowest BCUT2D eigenvalue weighted by atomic mass is 9.47. The van der Waals surface area contributed by atoms with Gasteiger partial charge in [-0.1, -0.05) is 55.0 Å². The molecule has 0 aromatic heterocycles. The number of hydrogen-bond acceptors (Lipinski definition) is 3. The van der Waals surface area contributed by atoms with Crippen LogP contribution in [0.2, 0.25) is 0 Å². The Morgan fingerprint density at radius 1 is 1.07 bits per heavy atom. The molecule has 2 unspecified atom stereocenters. The predicted octanol–water partition coefficient (Wildman–Crippen LogP) is 4.08.